The summed E-state index contributed by atoms with van der Waals surface area (Å²) in [6, 6.07) is 9.08. The minimum absolute atomic E-state index is 0.256. The molecular weight excluding hydrogens is 400 g/mol. The predicted octanol–water partition coefficient (Wildman–Crippen LogP) is 3.87. The lowest BCUT2D eigenvalue weighted by Crippen LogP contribution is -2.30. The molecular formula is C22H26N4O3S. The second-order valence-corrected chi connectivity index (χ2v) is 8.33. The Kier molecular flexibility index (Phi) is 5.96. The zero-order chi connectivity index (χ0) is 21.1. The Labute approximate surface area is 180 Å². The molecule has 3 aromatic rings. The summed E-state index contributed by atoms with van der Waals surface area (Å²) in [6.07, 6.45) is 5.10. The third-order valence-electron chi connectivity index (χ3n) is 5.24. The molecule has 7 nitrogen and oxygen atoms in total. The number of nitrogens with one attached hydrogen (secondary N) is 2. The van der Waals surface area contributed by atoms with Crippen LogP contribution < -0.4 is 20.1 Å². The first-order valence-electron chi connectivity index (χ1n) is 9.81. The largest absolute Gasteiger partial charge is 0.493 e. The van der Waals surface area contributed by atoms with Gasteiger partial charge in [0, 0.05) is 54.2 Å². The number of fused-ring (bicyclic) bond motifs is 1. The van der Waals surface area contributed by atoms with Gasteiger partial charge < -0.3 is 29.6 Å². The molecule has 0 saturated heterocycles. The van der Waals surface area contributed by atoms with E-state index in [-0.39, 0.29) is 6.03 Å². The van der Waals surface area contributed by atoms with Crippen molar-refractivity contribution in [3.63, 3.8) is 0 Å². The number of benzene rings is 1. The van der Waals surface area contributed by atoms with Gasteiger partial charge in [0.15, 0.2) is 11.5 Å². The molecule has 2 N–H and O–H groups in total. The van der Waals surface area contributed by atoms with Crippen LogP contribution in [0.3, 0.4) is 0 Å². The first-order valence-corrected chi connectivity index (χ1v) is 10.6. The van der Waals surface area contributed by atoms with Crippen molar-refractivity contribution >= 4 is 23.1 Å². The third-order valence-corrected chi connectivity index (χ3v) is 6.51. The van der Waals surface area contributed by atoms with Gasteiger partial charge in [-0.15, -0.1) is 11.3 Å². The van der Waals surface area contributed by atoms with Crippen molar-refractivity contribution in [2.75, 3.05) is 33.1 Å². The van der Waals surface area contributed by atoms with E-state index in [0.29, 0.717) is 23.7 Å². The summed E-state index contributed by atoms with van der Waals surface area (Å²) in [5.74, 6) is 1.19. The summed E-state index contributed by atoms with van der Waals surface area (Å²) < 4.78 is 12.7. The van der Waals surface area contributed by atoms with Crippen LogP contribution in [0.1, 0.15) is 16.0 Å². The van der Waals surface area contributed by atoms with E-state index < -0.39 is 0 Å². The fourth-order valence-corrected chi connectivity index (χ4v) is 5.11. The Bertz CT molecular complexity index is 1030. The quantitative estimate of drug-likeness (QED) is 0.628. The van der Waals surface area contributed by atoms with Gasteiger partial charge in [-0.1, -0.05) is 0 Å². The van der Waals surface area contributed by atoms with E-state index >= 15 is 0 Å². The summed E-state index contributed by atoms with van der Waals surface area (Å²) in [4.78, 5) is 16.3. The number of amides is 2. The minimum atomic E-state index is -0.256. The molecule has 158 valence electrons. The second-order valence-electron chi connectivity index (χ2n) is 7.24. The monoisotopic (exact) mass is 426 g/mol. The Morgan fingerprint density at radius 3 is 2.67 bits per heavy atom. The molecule has 0 atom stereocenters. The van der Waals surface area contributed by atoms with Crippen molar-refractivity contribution in [2.24, 2.45) is 0 Å². The van der Waals surface area contributed by atoms with E-state index in [1.165, 1.54) is 21.0 Å². The maximum absolute atomic E-state index is 12.6. The first-order chi connectivity index (χ1) is 14.6. The molecule has 2 aromatic heterocycles. The van der Waals surface area contributed by atoms with Gasteiger partial charge in [0.05, 0.1) is 14.2 Å². The molecule has 30 heavy (non-hydrogen) atoms. The molecule has 1 aliphatic heterocycles. The van der Waals surface area contributed by atoms with E-state index in [2.05, 4.69) is 27.1 Å². The van der Waals surface area contributed by atoms with Gasteiger partial charge in [0.1, 0.15) is 5.00 Å². The number of hydrogen-bond donors (Lipinski definition) is 2. The number of ether oxygens (including phenoxy) is 2. The molecule has 0 aliphatic carbocycles. The average molecular weight is 427 g/mol. The van der Waals surface area contributed by atoms with Gasteiger partial charge in [-0.05, 0) is 43.3 Å². The number of aromatic nitrogens is 1. The summed E-state index contributed by atoms with van der Waals surface area (Å²) in [7, 11) is 5.30. The van der Waals surface area contributed by atoms with Crippen LogP contribution in [-0.4, -0.2) is 43.3 Å². The molecule has 8 heteroatoms. The van der Waals surface area contributed by atoms with E-state index in [9.17, 15) is 4.79 Å². The molecule has 0 spiro atoms. The first kappa shape index (κ1) is 20.3. The molecule has 3 heterocycles. The van der Waals surface area contributed by atoms with Gasteiger partial charge in [0.2, 0.25) is 0 Å². The molecule has 2 amide bonds. The van der Waals surface area contributed by atoms with Crippen molar-refractivity contribution in [3.05, 3.63) is 58.7 Å². The second kappa shape index (κ2) is 8.81. The standard InChI is InChI=1S/C22H26N4O3S/c1-25-11-8-16-17(21(30-20(16)14-25)26-9-4-5-10-26)13-23-22(27)24-15-6-7-18(28-2)19(12-15)29-3/h4-7,9-10,12H,8,11,13-14H2,1-3H3,(H2,23,24,27). The molecule has 0 bridgehead atoms. The Morgan fingerprint density at radius 2 is 1.93 bits per heavy atom. The summed E-state index contributed by atoms with van der Waals surface area (Å²) in [5.41, 5.74) is 3.21. The van der Waals surface area contributed by atoms with Crippen molar-refractivity contribution in [1.82, 2.24) is 14.8 Å². The number of anilines is 1. The fraction of sp³-hybridized carbons (Fsp3) is 0.318. The smallest absolute Gasteiger partial charge is 0.319 e. The summed E-state index contributed by atoms with van der Waals surface area (Å²) in [5, 5.41) is 7.07. The fourth-order valence-electron chi connectivity index (χ4n) is 3.70. The van der Waals surface area contributed by atoms with E-state index in [1.54, 1.807) is 32.4 Å². The zero-order valence-electron chi connectivity index (χ0n) is 17.4. The lowest BCUT2D eigenvalue weighted by molar-refractivity contribution is 0.251. The molecule has 0 radical (unpaired) electrons. The Morgan fingerprint density at radius 1 is 1.17 bits per heavy atom. The number of likely N-dealkylation sites (N-methyl/N-ethyl adjacent to an activating group) is 1. The summed E-state index contributed by atoms with van der Waals surface area (Å²) in [6.45, 7) is 2.45. The highest BCUT2D eigenvalue weighted by Gasteiger charge is 2.23. The van der Waals surface area contributed by atoms with Crippen LogP contribution in [0.4, 0.5) is 10.5 Å². The van der Waals surface area contributed by atoms with Crippen LogP contribution in [-0.2, 0) is 19.5 Å². The lowest BCUT2D eigenvalue weighted by Gasteiger charge is -2.22. The van der Waals surface area contributed by atoms with Crippen LogP contribution in [0.5, 0.6) is 11.5 Å². The summed E-state index contributed by atoms with van der Waals surface area (Å²) >= 11 is 1.81. The molecule has 1 aromatic carbocycles. The Balaban J connectivity index is 1.50. The zero-order valence-corrected chi connectivity index (χ0v) is 18.2. The molecule has 0 fully saturated rings. The van der Waals surface area contributed by atoms with Gasteiger partial charge in [-0.25, -0.2) is 4.79 Å². The predicted molar refractivity (Wildman–Crippen MR) is 119 cm³/mol. The normalized spacial score (nSPS) is 13.6. The number of nitrogens with zero attached hydrogens (tertiary/aromatic N) is 2. The maximum Gasteiger partial charge on any atom is 0.319 e. The van der Waals surface area contributed by atoms with Crippen molar-refractivity contribution in [3.8, 4) is 16.5 Å². The van der Waals surface area contributed by atoms with Crippen LogP contribution in [0.25, 0.3) is 5.00 Å². The number of urea groups is 1. The van der Waals surface area contributed by atoms with Crippen molar-refractivity contribution in [1.29, 1.82) is 0 Å². The van der Waals surface area contributed by atoms with Gasteiger partial charge in [-0.2, -0.15) is 0 Å². The Hall–Kier alpha value is -2.97. The van der Waals surface area contributed by atoms with Crippen LogP contribution in [0, 0.1) is 0 Å². The van der Waals surface area contributed by atoms with Crippen molar-refractivity contribution in [2.45, 2.75) is 19.5 Å². The lowest BCUT2D eigenvalue weighted by atomic mass is 10.0. The van der Waals surface area contributed by atoms with Crippen LogP contribution in [0.2, 0.25) is 0 Å². The SMILES string of the molecule is COc1ccc(NC(=O)NCc2c(-n3cccc3)sc3c2CCN(C)C3)cc1OC. The maximum atomic E-state index is 12.6. The minimum Gasteiger partial charge on any atom is -0.493 e. The highest BCUT2D eigenvalue weighted by atomic mass is 32.1. The van der Waals surface area contributed by atoms with Crippen molar-refractivity contribution < 1.29 is 14.3 Å². The van der Waals surface area contributed by atoms with Gasteiger partial charge >= 0.3 is 6.03 Å². The number of thiophene rings is 1. The number of hydrogen-bond acceptors (Lipinski definition) is 5. The molecule has 1 aliphatic rings. The average Bonchev–Trinajstić information content (AvgIpc) is 3.39. The van der Waals surface area contributed by atoms with E-state index in [1.807, 2.05) is 35.9 Å². The number of carbonyl (C=O) groups excluding carboxylic acids is 1. The molecule has 0 saturated carbocycles. The topological polar surface area (TPSA) is 67.8 Å². The highest BCUT2D eigenvalue weighted by Crippen LogP contribution is 2.35. The highest BCUT2D eigenvalue weighted by molar-refractivity contribution is 7.14. The van der Waals surface area contributed by atoms with Gasteiger partial charge in [-0.3, -0.25) is 0 Å². The van der Waals surface area contributed by atoms with Gasteiger partial charge in [0.25, 0.3) is 0 Å². The van der Waals surface area contributed by atoms with Crippen LogP contribution in [0.15, 0.2) is 42.7 Å². The third kappa shape index (κ3) is 4.15. The number of methoxy groups -OCH3 is 2. The van der Waals surface area contributed by atoms with E-state index in [0.717, 1.165) is 19.5 Å². The number of rotatable bonds is 6. The van der Waals surface area contributed by atoms with Crippen LogP contribution >= 0.6 is 11.3 Å². The molecule has 4 rings (SSSR count). The van der Waals surface area contributed by atoms with E-state index in [4.69, 9.17) is 9.47 Å². The number of carbonyl (C=O) groups is 1. The molecule has 0 unspecified atom stereocenters.